The van der Waals surface area contributed by atoms with E-state index in [1.165, 1.54) is 12.0 Å². The number of amides is 1. The molecule has 1 aliphatic rings. The van der Waals surface area contributed by atoms with E-state index < -0.39 is 17.7 Å². The maximum atomic E-state index is 13.3. The molecule has 6 nitrogen and oxygen atoms in total. The number of aliphatic hydroxyl groups is 1. The van der Waals surface area contributed by atoms with Crippen molar-refractivity contribution in [2.75, 3.05) is 14.2 Å². The van der Waals surface area contributed by atoms with E-state index in [1.807, 2.05) is 68.4 Å². The normalized spacial score (nSPS) is 17.2. The smallest absolute Gasteiger partial charge is 0.295 e. The monoisotopic (exact) mass is 457 g/mol. The predicted molar refractivity (Wildman–Crippen MR) is 130 cm³/mol. The Labute approximate surface area is 199 Å². The van der Waals surface area contributed by atoms with Crippen LogP contribution in [-0.2, 0) is 16.1 Å². The summed E-state index contributed by atoms with van der Waals surface area (Å²) in [5.74, 6) is -0.501. The number of ketones is 1. The molecule has 6 heteroatoms. The lowest BCUT2D eigenvalue weighted by Gasteiger charge is -2.26. The third kappa shape index (κ3) is 4.27. The highest BCUT2D eigenvalue weighted by molar-refractivity contribution is 6.46. The standard InChI is InChI=1S/C28H27NO5/c1-17-6-5-7-20(14-17)25-24(26(30)22-15-18(2)8-13-23(22)34-4)27(31)28(32)29(25)16-19-9-11-21(33-3)12-10-19/h5-15,25,30H,16H2,1-4H3/b26-24+. The molecule has 0 aromatic heterocycles. The number of likely N-dealkylation sites (tertiary alicyclic amines) is 1. The maximum absolute atomic E-state index is 13.3. The molecule has 1 amide bonds. The van der Waals surface area contributed by atoms with Crippen LogP contribution < -0.4 is 9.47 Å². The summed E-state index contributed by atoms with van der Waals surface area (Å²) >= 11 is 0. The Morgan fingerprint density at radius 1 is 0.912 bits per heavy atom. The van der Waals surface area contributed by atoms with Crippen LogP contribution in [0.1, 0.15) is 33.9 Å². The van der Waals surface area contributed by atoms with Crippen LogP contribution in [0.25, 0.3) is 5.76 Å². The first-order valence-electron chi connectivity index (χ1n) is 11.0. The molecule has 3 aromatic carbocycles. The number of ether oxygens (including phenoxy) is 2. The fourth-order valence-corrected chi connectivity index (χ4v) is 4.31. The number of Topliss-reactive ketones (excluding diaryl/α,β-unsaturated/α-hetero) is 1. The first-order valence-corrected chi connectivity index (χ1v) is 11.0. The Bertz CT molecular complexity index is 1280. The van der Waals surface area contributed by atoms with Crippen molar-refractivity contribution in [2.45, 2.75) is 26.4 Å². The minimum Gasteiger partial charge on any atom is -0.507 e. The highest BCUT2D eigenvalue weighted by Gasteiger charge is 2.46. The molecule has 1 atom stereocenters. The van der Waals surface area contributed by atoms with Gasteiger partial charge < -0.3 is 19.5 Å². The van der Waals surface area contributed by atoms with Crippen LogP contribution in [0.2, 0.25) is 0 Å². The summed E-state index contributed by atoms with van der Waals surface area (Å²) in [7, 11) is 3.09. The molecule has 174 valence electrons. The molecule has 1 unspecified atom stereocenters. The second-order valence-corrected chi connectivity index (χ2v) is 8.39. The van der Waals surface area contributed by atoms with Gasteiger partial charge in [-0.1, -0.05) is 53.6 Å². The van der Waals surface area contributed by atoms with E-state index in [0.29, 0.717) is 17.1 Å². The van der Waals surface area contributed by atoms with E-state index in [1.54, 1.807) is 19.2 Å². The molecule has 0 spiro atoms. The van der Waals surface area contributed by atoms with Crippen LogP contribution in [0.15, 0.2) is 72.3 Å². The summed E-state index contributed by atoms with van der Waals surface area (Å²) in [5.41, 5.74) is 3.90. The van der Waals surface area contributed by atoms with Crippen LogP contribution in [-0.4, -0.2) is 35.9 Å². The Morgan fingerprint density at radius 2 is 1.62 bits per heavy atom. The van der Waals surface area contributed by atoms with Gasteiger partial charge in [-0.3, -0.25) is 9.59 Å². The SMILES string of the molecule is COc1ccc(CN2C(=O)C(=O)/C(=C(/O)c3cc(C)ccc3OC)C2c2cccc(C)c2)cc1. The molecule has 1 fully saturated rings. The first kappa shape index (κ1) is 23.1. The lowest BCUT2D eigenvalue weighted by atomic mass is 9.93. The zero-order chi connectivity index (χ0) is 24.4. The van der Waals surface area contributed by atoms with Gasteiger partial charge >= 0.3 is 0 Å². The van der Waals surface area contributed by atoms with Gasteiger partial charge in [0.25, 0.3) is 11.7 Å². The summed E-state index contributed by atoms with van der Waals surface area (Å²) < 4.78 is 10.7. The lowest BCUT2D eigenvalue weighted by Crippen LogP contribution is -2.29. The molecular weight excluding hydrogens is 430 g/mol. The van der Waals surface area contributed by atoms with Crippen LogP contribution >= 0.6 is 0 Å². The average molecular weight is 458 g/mol. The quantitative estimate of drug-likeness (QED) is 0.322. The maximum Gasteiger partial charge on any atom is 0.295 e. The van der Waals surface area contributed by atoms with E-state index in [4.69, 9.17) is 9.47 Å². The van der Waals surface area contributed by atoms with Gasteiger partial charge in [-0.15, -0.1) is 0 Å². The summed E-state index contributed by atoms with van der Waals surface area (Å²) in [5, 5.41) is 11.4. The number of carbonyl (C=O) groups is 2. The Balaban J connectivity index is 1.88. The molecule has 1 N–H and O–H groups in total. The zero-order valence-electron chi connectivity index (χ0n) is 19.7. The van der Waals surface area contributed by atoms with Gasteiger partial charge in [0.2, 0.25) is 0 Å². The zero-order valence-corrected chi connectivity index (χ0v) is 19.7. The molecule has 0 aliphatic carbocycles. The van der Waals surface area contributed by atoms with Crippen molar-refractivity contribution >= 4 is 17.4 Å². The molecule has 1 heterocycles. The average Bonchev–Trinajstić information content (AvgIpc) is 3.09. The van der Waals surface area contributed by atoms with Gasteiger partial charge in [0.05, 0.1) is 31.4 Å². The second kappa shape index (κ2) is 9.43. The van der Waals surface area contributed by atoms with Crippen molar-refractivity contribution in [1.29, 1.82) is 0 Å². The van der Waals surface area contributed by atoms with Gasteiger partial charge in [-0.05, 0) is 49.2 Å². The second-order valence-electron chi connectivity index (χ2n) is 8.39. The van der Waals surface area contributed by atoms with E-state index in [2.05, 4.69) is 0 Å². The van der Waals surface area contributed by atoms with E-state index in [-0.39, 0.29) is 17.9 Å². The van der Waals surface area contributed by atoms with Crippen molar-refractivity contribution in [3.63, 3.8) is 0 Å². The summed E-state index contributed by atoms with van der Waals surface area (Å²) in [4.78, 5) is 28.1. The number of rotatable bonds is 6. The lowest BCUT2D eigenvalue weighted by molar-refractivity contribution is -0.140. The van der Waals surface area contributed by atoms with Gasteiger partial charge in [0.15, 0.2) is 0 Å². The van der Waals surface area contributed by atoms with Crippen molar-refractivity contribution in [1.82, 2.24) is 4.90 Å². The fourth-order valence-electron chi connectivity index (χ4n) is 4.31. The number of hydrogen-bond acceptors (Lipinski definition) is 5. The number of benzene rings is 3. The molecule has 0 radical (unpaired) electrons. The van der Waals surface area contributed by atoms with Crippen molar-refractivity contribution in [3.8, 4) is 11.5 Å². The number of carbonyl (C=O) groups excluding carboxylic acids is 2. The molecule has 4 rings (SSSR count). The summed E-state index contributed by atoms with van der Waals surface area (Å²) in [6, 6.07) is 19.6. The molecule has 34 heavy (non-hydrogen) atoms. The van der Waals surface area contributed by atoms with Gasteiger partial charge in [0.1, 0.15) is 17.3 Å². The van der Waals surface area contributed by atoms with Crippen LogP contribution in [0, 0.1) is 13.8 Å². The van der Waals surface area contributed by atoms with Crippen LogP contribution in [0.4, 0.5) is 0 Å². The van der Waals surface area contributed by atoms with E-state index in [0.717, 1.165) is 22.3 Å². The highest BCUT2D eigenvalue weighted by atomic mass is 16.5. The Kier molecular flexibility index (Phi) is 6.41. The number of hydrogen-bond donors (Lipinski definition) is 1. The van der Waals surface area contributed by atoms with Gasteiger partial charge in [-0.2, -0.15) is 0 Å². The minimum absolute atomic E-state index is 0.0491. The summed E-state index contributed by atoms with van der Waals surface area (Å²) in [6.07, 6.45) is 0. The molecule has 1 saturated heterocycles. The molecular formula is C28H27NO5. The number of aliphatic hydroxyl groups excluding tert-OH is 1. The van der Waals surface area contributed by atoms with E-state index in [9.17, 15) is 14.7 Å². The molecule has 0 bridgehead atoms. The third-order valence-corrected chi connectivity index (χ3v) is 6.02. The third-order valence-electron chi connectivity index (χ3n) is 6.02. The number of nitrogens with zero attached hydrogens (tertiary/aromatic N) is 1. The molecule has 3 aromatic rings. The molecule has 1 aliphatic heterocycles. The van der Waals surface area contributed by atoms with Gasteiger partial charge in [-0.25, -0.2) is 0 Å². The van der Waals surface area contributed by atoms with Crippen LogP contribution in [0.5, 0.6) is 11.5 Å². The first-order chi connectivity index (χ1) is 16.3. The predicted octanol–water partition coefficient (Wildman–Crippen LogP) is 4.94. The summed E-state index contributed by atoms with van der Waals surface area (Å²) in [6.45, 7) is 4.04. The topological polar surface area (TPSA) is 76.1 Å². The Hall–Kier alpha value is -4.06. The number of methoxy groups -OCH3 is 2. The van der Waals surface area contributed by atoms with Gasteiger partial charge in [0, 0.05) is 6.54 Å². The van der Waals surface area contributed by atoms with Crippen LogP contribution in [0.3, 0.4) is 0 Å². The molecule has 0 saturated carbocycles. The van der Waals surface area contributed by atoms with Crippen molar-refractivity contribution < 1.29 is 24.2 Å². The largest absolute Gasteiger partial charge is 0.507 e. The number of aryl methyl sites for hydroxylation is 2. The fraction of sp³-hybridized carbons (Fsp3) is 0.214. The van der Waals surface area contributed by atoms with Crippen molar-refractivity contribution in [3.05, 3.63) is 100 Å². The highest BCUT2D eigenvalue weighted by Crippen LogP contribution is 2.42. The van der Waals surface area contributed by atoms with E-state index >= 15 is 0 Å². The van der Waals surface area contributed by atoms with Crippen molar-refractivity contribution in [2.24, 2.45) is 0 Å². The minimum atomic E-state index is -0.743. The Morgan fingerprint density at radius 3 is 2.26 bits per heavy atom.